The van der Waals surface area contributed by atoms with Crippen molar-refractivity contribution < 1.29 is 22.4 Å². The molecule has 0 fully saturated rings. The molecular formula is C25H34FN3O4S. The highest BCUT2D eigenvalue weighted by Crippen LogP contribution is 2.20. The molecular weight excluding hydrogens is 457 g/mol. The van der Waals surface area contributed by atoms with Gasteiger partial charge in [-0.15, -0.1) is 0 Å². The molecule has 1 atom stereocenters. The molecule has 0 bridgehead atoms. The van der Waals surface area contributed by atoms with E-state index in [-0.39, 0.29) is 24.1 Å². The fraction of sp³-hybridized carbons (Fsp3) is 0.440. The van der Waals surface area contributed by atoms with Crippen LogP contribution in [0.15, 0.2) is 48.5 Å². The van der Waals surface area contributed by atoms with Crippen LogP contribution in [0.2, 0.25) is 0 Å². The van der Waals surface area contributed by atoms with Crippen LogP contribution >= 0.6 is 0 Å². The van der Waals surface area contributed by atoms with E-state index in [0.29, 0.717) is 13.0 Å². The maximum atomic E-state index is 13.5. The van der Waals surface area contributed by atoms with Crippen molar-refractivity contribution >= 4 is 27.5 Å². The van der Waals surface area contributed by atoms with Crippen molar-refractivity contribution in [2.75, 3.05) is 23.7 Å². The van der Waals surface area contributed by atoms with Gasteiger partial charge < -0.3 is 10.2 Å². The van der Waals surface area contributed by atoms with E-state index in [1.807, 2.05) is 52.0 Å². The fourth-order valence-corrected chi connectivity index (χ4v) is 4.30. The Labute approximate surface area is 202 Å². The molecule has 2 amide bonds. The molecule has 0 spiro atoms. The maximum absolute atomic E-state index is 13.5. The van der Waals surface area contributed by atoms with Crippen LogP contribution in [0.5, 0.6) is 0 Å². The van der Waals surface area contributed by atoms with Crippen LogP contribution < -0.4 is 9.62 Å². The molecule has 2 aromatic carbocycles. The van der Waals surface area contributed by atoms with E-state index in [2.05, 4.69) is 5.32 Å². The van der Waals surface area contributed by atoms with Gasteiger partial charge in [-0.2, -0.15) is 0 Å². The van der Waals surface area contributed by atoms with Gasteiger partial charge in [0.25, 0.3) is 0 Å². The van der Waals surface area contributed by atoms with Gasteiger partial charge in [0.05, 0.1) is 11.9 Å². The van der Waals surface area contributed by atoms with Crippen LogP contribution in [0.4, 0.5) is 10.1 Å². The molecule has 1 N–H and O–H groups in total. The summed E-state index contributed by atoms with van der Waals surface area (Å²) in [6, 6.07) is 11.7. The van der Waals surface area contributed by atoms with Gasteiger partial charge in [-0.25, -0.2) is 12.8 Å². The molecule has 2 rings (SSSR count). The van der Waals surface area contributed by atoms with Crippen molar-refractivity contribution in [3.63, 3.8) is 0 Å². The Morgan fingerprint density at radius 3 is 2.12 bits per heavy atom. The largest absolute Gasteiger partial charge is 0.354 e. The Kier molecular flexibility index (Phi) is 9.61. The molecule has 0 aliphatic heterocycles. The first kappa shape index (κ1) is 27.3. The van der Waals surface area contributed by atoms with Crippen molar-refractivity contribution in [2.24, 2.45) is 5.92 Å². The fourth-order valence-electron chi connectivity index (χ4n) is 3.45. The second kappa shape index (κ2) is 12.0. The third kappa shape index (κ3) is 7.83. The van der Waals surface area contributed by atoms with E-state index in [0.717, 1.165) is 33.8 Å². The summed E-state index contributed by atoms with van der Waals surface area (Å²) < 4.78 is 39.3. The Balaban J connectivity index is 2.39. The van der Waals surface area contributed by atoms with Crippen LogP contribution in [0.1, 0.15) is 38.3 Å². The van der Waals surface area contributed by atoms with Gasteiger partial charge in [-0.05, 0) is 49.1 Å². The number of anilines is 1. The molecule has 34 heavy (non-hydrogen) atoms. The number of hydrogen-bond acceptors (Lipinski definition) is 4. The summed E-state index contributed by atoms with van der Waals surface area (Å²) in [5.41, 5.74) is 2.05. The molecule has 0 aromatic heterocycles. The lowest BCUT2D eigenvalue weighted by molar-refractivity contribution is -0.140. The molecule has 0 heterocycles. The van der Waals surface area contributed by atoms with Crippen molar-refractivity contribution in [3.05, 3.63) is 65.5 Å². The third-order valence-corrected chi connectivity index (χ3v) is 6.48. The first-order chi connectivity index (χ1) is 15.9. The lowest BCUT2D eigenvalue weighted by Gasteiger charge is -2.33. The Hall–Kier alpha value is -2.94. The molecule has 0 saturated heterocycles. The van der Waals surface area contributed by atoms with Crippen molar-refractivity contribution in [1.82, 2.24) is 10.2 Å². The number of rotatable bonds is 11. The Bertz CT molecular complexity index is 1070. The number of hydrogen-bond donors (Lipinski definition) is 1. The average molecular weight is 492 g/mol. The number of nitrogens with zero attached hydrogens (tertiary/aromatic N) is 2. The van der Waals surface area contributed by atoms with Crippen LogP contribution in [0.3, 0.4) is 0 Å². The minimum atomic E-state index is -3.85. The molecule has 0 aliphatic rings. The summed E-state index contributed by atoms with van der Waals surface area (Å²) in [6.07, 6.45) is 1.34. The summed E-state index contributed by atoms with van der Waals surface area (Å²) in [5, 5.41) is 2.88. The monoisotopic (exact) mass is 491 g/mol. The minimum absolute atomic E-state index is 0.147. The summed E-state index contributed by atoms with van der Waals surface area (Å²) in [4.78, 5) is 27.9. The number of aryl methyl sites for hydroxylation is 1. The lowest BCUT2D eigenvalue weighted by Crippen LogP contribution is -2.52. The SMILES string of the molecule is CC[C@@H](C(=O)NCC(C)C)N(Cc1ccc(C)cc1)C(=O)CN(c1ccc(F)cc1)S(C)(=O)=O. The smallest absolute Gasteiger partial charge is 0.244 e. The third-order valence-electron chi connectivity index (χ3n) is 5.34. The van der Waals surface area contributed by atoms with E-state index in [4.69, 9.17) is 0 Å². The molecule has 186 valence electrons. The summed E-state index contributed by atoms with van der Waals surface area (Å²) in [5.74, 6) is -1.09. The molecule has 2 aromatic rings. The number of amides is 2. The van der Waals surface area contributed by atoms with Crippen LogP contribution in [0.25, 0.3) is 0 Å². The second-order valence-corrected chi connectivity index (χ2v) is 10.7. The molecule has 0 radical (unpaired) electrons. The standard InChI is InChI=1S/C25H34FN3O4S/c1-6-23(25(31)27-15-18(2)3)28(16-20-9-7-19(4)8-10-20)24(30)17-29(34(5,32)33)22-13-11-21(26)12-14-22/h7-14,18,23H,6,15-17H2,1-5H3,(H,27,31)/t23-/m0/s1. The van der Waals surface area contributed by atoms with Gasteiger partial charge in [-0.3, -0.25) is 13.9 Å². The van der Waals surface area contributed by atoms with Gasteiger partial charge in [0.15, 0.2) is 0 Å². The average Bonchev–Trinajstić information content (AvgIpc) is 2.77. The topological polar surface area (TPSA) is 86.8 Å². The zero-order chi connectivity index (χ0) is 25.5. The summed E-state index contributed by atoms with van der Waals surface area (Å²) >= 11 is 0. The predicted molar refractivity (Wildman–Crippen MR) is 132 cm³/mol. The molecule has 0 aliphatic carbocycles. The van der Waals surface area contributed by atoms with E-state index in [9.17, 15) is 22.4 Å². The number of carbonyl (C=O) groups is 2. The quantitative estimate of drug-likeness (QED) is 0.521. The first-order valence-corrected chi connectivity index (χ1v) is 13.1. The number of benzene rings is 2. The highest BCUT2D eigenvalue weighted by atomic mass is 32.2. The molecule has 9 heteroatoms. The zero-order valence-corrected chi connectivity index (χ0v) is 21.2. The van der Waals surface area contributed by atoms with E-state index in [1.165, 1.54) is 17.0 Å². The van der Waals surface area contributed by atoms with Gasteiger partial charge >= 0.3 is 0 Å². The van der Waals surface area contributed by atoms with Crippen LogP contribution in [0, 0.1) is 18.7 Å². The highest BCUT2D eigenvalue weighted by Gasteiger charge is 2.31. The van der Waals surface area contributed by atoms with Gasteiger partial charge in [0.1, 0.15) is 18.4 Å². The maximum Gasteiger partial charge on any atom is 0.244 e. The minimum Gasteiger partial charge on any atom is -0.354 e. The number of halogens is 1. The lowest BCUT2D eigenvalue weighted by atomic mass is 10.1. The van der Waals surface area contributed by atoms with Gasteiger partial charge in [-0.1, -0.05) is 50.6 Å². The van der Waals surface area contributed by atoms with Crippen LogP contribution in [-0.2, 0) is 26.2 Å². The van der Waals surface area contributed by atoms with Crippen molar-refractivity contribution in [1.29, 1.82) is 0 Å². The number of nitrogens with one attached hydrogen (secondary N) is 1. The summed E-state index contributed by atoms with van der Waals surface area (Å²) in [7, 11) is -3.85. The molecule has 0 unspecified atom stereocenters. The predicted octanol–water partition coefficient (Wildman–Crippen LogP) is 3.48. The van der Waals surface area contributed by atoms with Crippen molar-refractivity contribution in [3.8, 4) is 0 Å². The Morgan fingerprint density at radius 1 is 1.03 bits per heavy atom. The normalized spacial score (nSPS) is 12.3. The van der Waals surface area contributed by atoms with Gasteiger partial charge in [0.2, 0.25) is 21.8 Å². The van der Waals surface area contributed by atoms with E-state index >= 15 is 0 Å². The highest BCUT2D eigenvalue weighted by molar-refractivity contribution is 7.92. The number of sulfonamides is 1. The second-order valence-electron chi connectivity index (χ2n) is 8.82. The van der Waals surface area contributed by atoms with E-state index in [1.54, 1.807) is 0 Å². The van der Waals surface area contributed by atoms with Crippen LogP contribution in [-0.4, -0.2) is 50.5 Å². The summed E-state index contributed by atoms with van der Waals surface area (Å²) in [6.45, 7) is 7.81. The van der Waals surface area contributed by atoms with Crippen molar-refractivity contribution in [2.45, 2.75) is 46.7 Å². The molecule has 7 nitrogen and oxygen atoms in total. The Morgan fingerprint density at radius 2 is 1.62 bits per heavy atom. The van der Waals surface area contributed by atoms with Gasteiger partial charge in [0, 0.05) is 13.1 Å². The zero-order valence-electron chi connectivity index (χ0n) is 20.4. The number of carbonyl (C=O) groups excluding carboxylic acids is 2. The first-order valence-electron chi connectivity index (χ1n) is 11.3. The van der Waals surface area contributed by atoms with E-state index < -0.39 is 34.3 Å². The molecule has 0 saturated carbocycles.